The second-order valence-electron chi connectivity index (χ2n) is 4.82. The SMILES string of the molecule is CC(C)(C#N)CCCCS(=O)c1ccccc1. The standard InChI is InChI=1S/C14H19NOS/c1-14(2,12-15)10-6-7-11-17(16)13-8-4-3-5-9-13/h3-5,8-9H,6-7,10-11H2,1-2H3. The lowest BCUT2D eigenvalue weighted by atomic mass is 9.89. The van der Waals surface area contributed by atoms with Crippen molar-refractivity contribution in [3.05, 3.63) is 30.3 Å². The quantitative estimate of drug-likeness (QED) is 0.724. The molecule has 92 valence electrons. The molecule has 0 heterocycles. The van der Waals surface area contributed by atoms with E-state index in [9.17, 15) is 4.21 Å². The lowest BCUT2D eigenvalue weighted by Crippen LogP contribution is -2.08. The van der Waals surface area contributed by atoms with Crippen LogP contribution in [0.15, 0.2) is 35.2 Å². The van der Waals surface area contributed by atoms with Crippen LogP contribution in [0.5, 0.6) is 0 Å². The molecule has 0 aliphatic carbocycles. The Morgan fingerprint density at radius 1 is 1.24 bits per heavy atom. The zero-order chi connectivity index (χ0) is 12.7. The molecule has 0 bridgehead atoms. The minimum Gasteiger partial charge on any atom is -0.254 e. The van der Waals surface area contributed by atoms with E-state index in [0.717, 1.165) is 24.2 Å². The van der Waals surface area contributed by atoms with Gasteiger partial charge < -0.3 is 0 Å². The second-order valence-corrected chi connectivity index (χ2v) is 6.39. The van der Waals surface area contributed by atoms with E-state index in [0.29, 0.717) is 5.75 Å². The minimum absolute atomic E-state index is 0.256. The van der Waals surface area contributed by atoms with Crippen molar-refractivity contribution in [2.24, 2.45) is 5.41 Å². The van der Waals surface area contributed by atoms with Gasteiger partial charge in [-0.25, -0.2) is 0 Å². The molecule has 1 aromatic rings. The maximum absolute atomic E-state index is 11.9. The molecule has 0 spiro atoms. The van der Waals surface area contributed by atoms with Crippen molar-refractivity contribution in [3.8, 4) is 6.07 Å². The summed E-state index contributed by atoms with van der Waals surface area (Å²) in [7, 11) is -0.897. The smallest absolute Gasteiger partial charge is 0.0683 e. The minimum atomic E-state index is -0.897. The van der Waals surface area contributed by atoms with E-state index in [1.807, 2.05) is 44.2 Å². The van der Waals surface area contributed by atoms with Crippen molar-refractivity contribution in [2.45, 2.75) is 38.0 Å². The van der Waals surface area contributed by atoms with Crippen LogP contribution in [-0.2, 0) is 10.8 Å². The van der Waals surface area contributed by atoms with Crippen LogP contribution in [0.25, 0.3) is 0 Å². The normalized spacial score (nSPS) is 13.0. The van der Waals surface area contributed by atoms with E-state index in [2.05, 4.69) is 6.07 Å². The Kier molecular flexibility index (Phi) is 5.37. The highest BCUT2D eigenvalue weighted by atomic mass is 32.2. The molecule has 0 N–H and O–H groups in total. The first-order valence-corrected chi connectivity index (χ1v) is 7.22. The fourth-order valence-electron chi connectivity index (χ4n) is 1.55. The van der Waals surface area contributed by atoms with Crippen LogP contribution >= 0.6 is 0 Å². The highest BCUT2D eigenvalue weighted by Crippen LogP contribution is 2.22. The Hall–Kier alpha value is -1.14. The molecule has 0 aliphatic rings. The Balaban J connectivity index is 2.29. The summed E-state index contributed by atoms with van der Waals surface area (Å²) in [6.45, 7) is 3.89. The predicted molar refractivity (Wildman–Crippen MR) is 71.0 cm³/mol. The number of benzene rings is 1. The summed E-state index contributed by atoms with van der Waals surface area (Å²) in [5, 5.41) is 8.87. The van der Waals surface area contributed by atoms with Gasteiger partial charge in [-0.1, -0.05) is 24.6 Å². The van der Waals surface area contributed by atoms with Gasteiger partial charge in [-0.15, -0.1) is 0 Å². The maximum Gasteiger partial charge on any atom is 0.0683 e. The number of nitriles is 1. The molecule has 2 nitrogen and oxygen atoms in total. The third-order valence-corrected chi connectivity index (χ3v) is 4.15. The van der Waals surface area contributed by atoms with Crippen molar-refractivity contribution < 1.29 is 4.21 Å². The highest BCUT2D eigenvalue weighted by molar-refractivity contribution is 7.85. The monoisotopic (exact) mass is 249 g/mol. The third kappa shape index (κ3) is 5.14. The molecule has 17 heavy (non-hydrogen) atoms. The summed E-state index contributed by atoms with van der Waals surface area (Å²) in [5.74, 6) is 0.686. The summed E-state index contributed by atoms with van der Waals surface area (Å²) in [4.78, 5) is 0.895. The molecule has 0 fully saturated rings. The predicted octanol–water partition coefficient (Wildman–Crippen LogP) is 3.51. The summed E-state index contributed by atoms with van der Waals surface area (Å²) < 4.78 is 11.9. The molecule has 0 amide bonds. The van der Waals surface area contributed by atoms with Crippen LogP contribution in [0.2, 0.25) is 0 Å². The van der Waals surface area contributed by atoms with Crippen LogP contribution in [0, 0.1) is 16.7 Å². The molecular formula is C14H19NOS. The van der Waals surface area contributed by atoms with Gasteiger partial charge in [0.1, 0.15) is 0 Å². The molecule has 1 aromatic carbocycles. The lowest BCUT2D eigenvalue weighted by molar-refractivity contribution is 0.432. The summed E-state index contributed by atoms with van der Waals surface area (Å²) in [6, 6.07) is 11.8. The molecule has 0 saturated carbocycles. The van der Waals surface area contributed by atoms with Crippen molar-refractivity contribution in [2.75, 3.05) is 5.75 Å². The molecule has 0 aliphatic heterocycles. The Morgan fingerprint density at radius 2 is 1.88 bits per heavy atom. The van der Waals surface area contributed by atoms with Crippen LogP contribution in [0.3, 0.4) is 0 Å². The summed E-state index contributed by atoms with van der Waals surface area (Å²) in [6.07, 6.45) is 2.74. The summed E-state index contributed by atoms with van der Waals surface area (Å²) in [5.41, 5.74) is -0.256. The van der Waals surface area contributed by atoms with Gasteiger partial charge in [0.2, 0.25) is 0 Å². The van der Waals surface area contributed by atoms with Crippen LogP contribution in [0.1, 0.15) is 33.1 Å². The third-order valence-electron chi connectivity index (χ3n) is 2.69. The number of nitrogens with zero attached hydrogens (tertiary/aromatic N) is 1. The molecule has 0 saturated heterocycles. The van der Waals surface area contributed by atoms with Gasteiger partial charge in [0.05, 0.1) is 22.3 Å². The Morgan fingerprint density at radius 3 is 2.47 bits per heavy atom. The van der Waals surface area contributed by atoms with Crippen molar-refractivity contribution in [1.82, 2.24) is 0 Å². The van der Waals surface area contributed by atoms with E-state index in [4.69, 9.17) is 5.26 Å². The van der Waals surface area contributed by atoms with Gasteiger partial charge in [-0.05, 0) is 38.8 Å². The van der Waals surface area contributed by atoms with E-state index in [-0.39, 0.29) is 5.41 Å². The molecular weight excluding hydrogens is 230 g/mol. The molecule has 3 heteroatoms. The largest absolute Gasteiger partial charge is 0.254 e. The molecule has 0 aromatic heterocycles. The highest BCUT2D eigenvalue weighted by Gasteiger charge is 2.15. The number of hydrogen-bond acceptors (Lipinski definition) is 2. The maximum atomic E-state index is 11.9. The van der Waals surface area contributed by atoms with Crippen LogP contribution in [0.4, 0.5) is 0 Å². The average Bonchev–Trinajstić information content (AvgIpc) is 2.35. The fraction of sp³-hybridized carbons (Fsp3) is 0.500. The second kappa shape index (κ2) is 6.56. The first-order chi connectivity index (χ1) is 8.05. The zero-order valence-electron chi connectivity index (χ0n) is 10.5. The van der Waals surface area contributed by atoms with Crippen LogP contribution < -0.4 is 0 Å². The van der Waals surface area contributed by atoms with Crippen LogP contribution in [-0.4, -0.2) is 9.96 Å². The van der Waals surface area contributed by atoms with E-state index >= 15 is 0 Å². The first-order valence-electron chi connectivity index (χ1n) is 5.90. The van der Waals surface area contributed by atoms with Gasteiger partial charge in [0.15, 0.2) is 0 Å². The Labute approximate surface area is 106 Å². The average molecular weight is 249 g/mol. The summed E-state index contributed by atoms with van der Waals surface area (Å²) >= 11 is 0. The first kappa shape index (κ1) is 13.9. The van der Waals surface area contributed by atoms with E-state index in [1.54, 1.807) is 0 Å². The number of unbranched alkanes of at least 4 members (excludes halogenated alkanes) is 1. The number of rotatable bonds is 6. The van der Waals surface area contributed by atoms with E-state index in [1.165, 1.54) is 0 Å². The van der Waals surface area contributed by atoms with Gasteiger partial charge in [-0.2, -0.15) is 5.26 Å². The van der Waals surface area contributed by atoms with Crippen molar-refractivity contribution >= 4 is 10.8 Å². The van der Waals surface area contributed by atoms with Crippen molar-refractivity contribution in [3.63, 3.8) is 0 Å². The van der Waals surface area contributed by atoms with Gasteiger partial charge in [0.25, 0.3) is 0 Å². The molecule has 1 atom stereocenters. The van der Waals surface area contributed by atoms with Gasteiger partial charge >= 0.3 is 0 Å². The van der Waals surface area contributed by atoms with E-state index < -0.39 is 10.8 Å². The Bertz CT molecular complexity index is 406. The van der Waals surface area contributed by atoms with Gasteiger partial charge in [-0.3, -0.25) is 4.21 Å². The van der Waals surface area contributed by atoms with Gasteiger partial charge in [0, 0.05) is 10.6 Å². The lowest BCUT2D eigenvalue weighted by Gasteiger charge is -2.13. The number of hydrogen-bond donors (Lipinski definition) is 0. The molecule has 0 radical (unpaired) electrons. The van der Waals surface area contributed by atoms with Crippen molar-refractivity contribution in [1.29, 1.82) is 5.26 Å². The fourth-order valence-corrected chi connectivity index (χ4v) is 2.71. The zero-order valence-corrected chi connectivity index (χ0v) is 11.3. The molecule has 1 unspecified atom stereocenters. The molecule has 1 rings (SSSR count). The topological polar surface area (TPSA) is 40.9 Å².